The topological polar surface area (TPSA) is 52.6 Å². The van der Waals surface area contributed by atoms with Crippen LogP contribution in [0.3, 0.4) is 0 Å². The second-order valence-corrected chi connectivity index (χ2v) is 5.53. The van der Waals surface area contributed by atoms with Gasteiger partial charge in [-0.05, 0) is 40.7 Å². The van der Waals surface area contributed by atoms with Gasteiger partial charge < -0.3 is 10.4 Å². The Morgan fingerprint density at radius 2 is 1.94 bits per heavy atom. The van der Waals surface area contributed by atoms with E-state index in [-0.39, 0.29) is 24.1 Å². The van der Waals surface area contributed by atoms with Crippen molar-refractivity contribution in [3.05, 3.63) is 0 Å². The highest BCUT2D eigenvalue weighted by Gasteiger charge is 2.23. The van der Waals surface area contributed by atoms with Crippen LogP contribution in [0.15, 0.2) is 0 Å². The molecule has 0 spiro atoms. The molecule has 0 aliphatic carbocycles. The van der Waals surface area contributed by atoms with Gasteiger partial charge in [-0.1, -0.05) is 13.3 Å². The molecule has 0 heterocycles. The van der Waals surface area contributed by atoms with Crippen LogP contribution in [0, 0.1) is 0 Å². The van der Waals surface area contributed by atoms with Gasteiger partial charge in [0.15, 0.2) is 0 Å². The lowest BCUT2D eigenvalue weighted by Crippen LogP contribution is -2.51. The van der Waals surface area contributed by atoms with E-state index in [4.69, 9.17) is 5.11 Å². The number of rotatable bonds is 7. The molecule has 0 radical (unpaired) electrons. The average molecular weight is 244 g/mol. The van der Waals surface area contributed by atoms with E-state index in [9.17, 15) is 4.79 Å². The van der Waals surface area contributed by atoms with Crippen molar-refractivity contribution >= 4 is 5.91 Å². The summed E-state index contributed by atoms with van der Waals surface area (Å²) in [6.07, 6.45) is 2.14. The summed E-state index contributed by atoms with van der Waals surface area (Å²) < 4.78 is 0. The van der Waals surface area contributed by atoms with Gasteiger partial charge in [0.25, 0.3) is 0 Å². The van der Waals surface area contributed by atoms with Gasteiger partial charge in [-0.25, -0.2) is 0 Å². The highest BCUT2D eigenvalue weighted by Crippen LogP contribution is 2.05. The Hall–Kier alpha value is -0.610. The van der Waals surface area contributed by atoms with Crippen LogP contribution in [-0.4, -0.2) is 47.2 Å². The van der Waals surface area contributed by atoms with Crippen LogP contribution in [0.1, 0.15) is 47.5 Å². The summed E-state index contributed by atoms with van der Waals surface area (Å²) >= 11 is 0. The molecule has 0 aromatic heterocycles. The number of hydrogen-bond donors (Lipinski definition) is 2. The second-order valence-electron chi connectivity index (χ2n) is 5.53. The molecule has 0 bridgehead atoms. The van der Waals surface area contributed by atoms with E-state index in [0.29, 0.717) is 6.54 Å². The Bertz CT molecular complexity index is 224. The normalized spacial score (nSPS) is 13.8. The van der Waals surface area contributed by atoms with Gasteiger partial charge in [-0.3, -0.25) is 9.69 Å². The smallest absolute Gasteiger partial charge is 0.237 e. The highest BCUT2D eigenvalue weighted by atomic mass is 16.3. The Balaban J connectivity index is 4.37. The zero-order valence-electron chi connectivity index (χ0n) is 11.9. The Morgan fingerprint density at radius 1 is 1.35 bits per heavy atom. The first-order chi connectivity index (χ1) is 7.81. The van der Waals surface area contributed by atoms with Crippen molar-refractivity contribution in [1.82, 2.24) is 10.2 Å². The molecular formula is C13H28N2O2. The predicted octanol–water partition coefficient (Wildman–Crippen LogP) is 1.38. The molecule has 1 amide bonds. The molecule has 102 valence electrons. The van der Waals surface area contributed by atoms with Crippen molar-refractivity contribution in [1.29, 1.82) is 0 Å². The average Bonchev–Trinajstić information content (AvgIpc) is 2.20. The van der Waals surface area contributed by atoms with Gasteiger partial charge in [-0.15, -0.1) is 0 Å². The standard InChI is InChI=1S/C13H28N2O2/c1-6-7-8-15(9-10-16)11(2)12(17)14-13(3,4)5/h11,16H,6-10H2,1-5H3,(H,14,17). The molecular weight excluding hydrogens is 216 g/mol. The minimum absolute atomic E-state index is 0.0297. The minimum atomic E-state index is -0.207. The molecule has 0 aliphatic rings. The van der Waals surface area contributed by atoms with Crippen molar-refractivity contribution < 1.29 is 9.90 Å². The predicted molar refractivity (Wildman–Crippen MR) is 70.9 cm³/mol. The molecule has 4 nitrogen and oxygen atoms in total. The van der Waals surface area contributed by atoms with Crippen LogP contribution in [0.2, 0.25) is 0 Å². The zero-order valence-corrected chi connectivity index (χ0v) is 11.9. The fourth-order valence-corrected chi connectivity index (χ4v) is 1.63. The fraction of sp³-hybridized carbons (Fsp3) is 0.923. The van der Waals surface area contributed by atoms with E-state index < -0.39 is 0 Å². The number of nitrogens with one attached hydrogen (secondary N) is 1. The maximum atomic E-state index is 12.0. The second kappa shape index (κ2) is 7.67. The Morgan fingerprint density at radius 3 is 2.35 bits per heavy atom. The summed E-state index contributed by atoms with van der Waals surface area (Å²) in [7, 11) is 0. The summed E-state index contributed by atoms with van der Waals surface area (Å²) in [6, 6.07) is -0.187. The van der Waals surface area contributed by atoms with Crippen molar-refractivity contribution in [2.45, 2.75) is 59.0 Å². The van der Waals surface area contributed by atoms with E-state index in [1.54, 1.807) is 0 Å². The molecule has 0 aromatic rings. The highest BCUT2D eigenvalue weighted by molar-refractivity contribution is 5.81. The summed E-state index contributed by atoms with van der Waals surface area (Å²) in [5.41, 5.74) is -0.207. The van der Waals surface area contributed by atoms with Gasteiger partial charge in [0.05, 0.1) is 12.6 Å². The van der Waals surface area contributed by atoms with E-state index in [1.807, 2.05) is 32.6 Å². The number of carbonyl (C=O) groups is 1. The third-order valence-corrected chi connectivity index (χ3v) is 2.61. The molecule has 0 saturated heterocycles. The number of aliphatic hydroxyl groups is 1. The van der Waals surface area contributed by atoms with E-state index in [0.717, 1.165) is 19.4 Å². The zero-order chi connectivity index (χ0) is 13.5. The lowest BCUT2D eigenvalue weighted by molar-refractivity contribution is -0.127. The van der Waals surface area contributed by atoms with E-state index in [1.165, 1.54) is 0 Å². The molecule has 17 heavy (non-hydrogen) atoms. The van der Waals surface area contributed by atoms with Gasteiger partial charge in [0.1, 0.15) is 0 Å². The summed E-state index contributed by atoms with van der Waals surface area (Å²) in [6.45, 7) is 11.4. The Kier molecular flexibility index (Phi) is 7.39. The van der Waals surface area contributed by atoms with E-state index >= 15 is 0 Å². The largest absolute Gasteiger partial charge is 0.395 e. The summed E-state index contributed by atoms with van der Waals surface area (Å²) in [5.74, 6) is 0.0297. The molecule has 0 saturated carbocycles. The molecule has 1 unspecified atom stereocenters. The van der Waals surface area contributed by atoms with Crippen LogP contribution in [-0.2, 0) is 4.79 Å². The number of amides is 1. The first kappa shape index (κ1) is 16.4. The maximum Gasteiger partial charge on any atom is 0.237 e. The molecule has 0 fully saturated rings. The van der Waals surface area contributed by atoms with Crippen LogP contribution in [0.25, 0.3) is 0 Å². The number of hydrogen-bond acceptors (Lipinski definition) is 3. The van der Waals surface area contributed by atoms with Crippen LogP contribution < -0.4 is 5.32 Å². The van der Waals surface area contributed by atoms with Crippen LogP contribution >= 0.6 is 0 Å². The van der Waals surface area contributed by atoms with Crippen molar-refractivity contribution in [3.63, 3.8) is 0 Å². The van der Waals surface area contributed by atoms with Gasteiger partial charge in [0, 0.05) is 12.1 Å². The van der Waals surface area contributed by atoms with Gasteiger partial charge in [-0.2, -0.15) is 0 Å². The lowest BCUT2D eigenvalue weighted by atomic mass is 10.1. The lowest BCUT2D eigenvalue weighted by Gasteiger charge is -2.30. The molecule has 0 rings (SSSR count). The summed E-state index contributed by atoms with van der Waals surface area (Å²) in [4.78, 5) is 14.0. The minimum Gasteiger partial charge on any atom is -0.395 e. The van der Waals surface area contributed by atoms with Gasteiger partial charge in [0.2, 0.25) is 5.91 Å². The number of nitrogens with zero attached hydrogens (tertiary/aromatic N) is 1. The number of carbonyl (C=O) groups excluding carboxylic acids is 1. The Labute approximate surface area is 105 Å². The fourth-order valence-electron chi connectivity index (χ4n) is 1.63. The van der Waals surface area contributed by atoms with E-state index in [2.05, 4.69) is 12.2 Å². The number of unbranched alkanes of at least 4 members (excludes halogenated alkanes) is 1. The molecule has 4 heteroatoms. The SMILES string of the molecule is CCCCN(CCO)C(C)C(=O)NC(C)(C)C. The third kappa shape index (κ3) is 7.34. The molecule has 0 aromatic carbocycles. The molecule has 0 aliphatic heterocycles. The van der Waals surface area contributed by atoms with Crippen molar-refractivity contribution in [2.24, 2.45) is 0 Å². The first-order valence-electron chi connectivity index (χ1n) is 6.48. The maximum absolute atomic E-state index is 12.0. The summed E-state index contributed by atoms with van der Waals surface area (Å²) in [5, 5.41) is 12.0. The van der Waals surface area contributed by atoms with Crippen molar-refractivity contribution in [2.75, 3.05) is 19.7 Å². The quantitative estimate of drug-likeness (QED) is 0.711. The third-order valence-electron chi connectivity index (χ3n) is 2.61. The van der Waals surface area contributed by atoms with Crippen molar-refractivity contribution in [3.8, 4) is 0 Å². The van der Waals surface area contributed by atoms with Crippen LogP contribution in [0.5, 0.6) is 0 Å². The number of aliphatic hydroxyl groups excluding tert-OH is 1. The van der Waals surface area contributed by atoms with Gasteiger partial charge >= 0.3 is 0 Å². The monoisotopic (exact) mass is 244 g/mol. The molecule has 2 N–H and O–H groups in total. The first-order valence-corrected chi connectivity index (χ1v) is 6.48. The van der Waals surface area contributed by atoms with Crippen LogP contribution in [0.4, 0.5) is 0 Å². The molecule has 1 atom stereocenters.